The largest absolute Gasteiger partial charge is 0.298 e. The highest BCUT2D eigenvalue weighted by Gasteiger charge is 2.36. The highest BCUT2D eigenvalue weighted by Crippen LogP contribution is 2.27. The SMILES string of the molecule is Cc1ccc(S(=O)(=O)N2CCN(C(C)c3nc4cc(Cl)ccc4c(=O)n3C)CC2C)cc1. The third-order valence-electron chi connectivity index (χ3n) is 6.22. The normalized spacial score (nSPS) is 19.3. The summed E-state index contributed by atoms with van der Waals surface area (Å²) in [6.45, 7) is 7.29. The van der Waals surface area contributed by atoms with Crippen LogP contribution in [0.2, 0.25) is 5.02 Å². The van der Waals surface area contributed by atoms with Crippen LogP contribution >= 0.6 is 11.6 Å². The number of hydrogen-bond donors (Lipinski definition) is 0. The fourth-order valence-electron chi connectivity index (χ4n) is 4.32. The van der Waals surface area contributed by atoms with Gasteiger partial charge in [-0.15, -0.1) is 0 Å². The minimum absolute atomic E-state index is 0.123. The van der Waals surface area contributed by atoms with E-state index in [9.17, 15) is 13.2 Å². The van der Waals surface area contributed by atoms with E-state index in [0.717, 1.165) is 5.56 Å². The summed E-state index contributed by atoms with van der Waals surface area (Å²) in [5.41, 5.74) is 1.46. The van der Waals surface area contributed by atoms with Gasteiger partial charge in [0, 0.05) is 37.7 Å². The summed E-state index contributed by atoms with van der Waals surface area (Å²) >= 11 is 6.11. The molecule has 170 valence electrons. The molecule has 4 rings (SSSR count). The summed E-state index contributed by atoms with van der Waals surface area (Å²) in [5.74, 6) is 0.631. The minimum atomic E-state index is -3.57. The van der Waals surface area contributed by atoms with Gasteiger partial charge in [-0.05, 0) is 51.1 Å². The van der Waals surface area contributed by atoms with E-state index in [4.69, 9.17) is 16.6 Å². The number of halogens is 1. The van der Waals surface area contributed by atoms with Crippen molar-refractivity contribution >= 4 is 32.5 Å². The highest BCUT2D eigenvalue weighted by atomic mass is 35.5. The minimum Gasteiger partial charge on any atom is -0.298 e. The second kappa shape index (κ2) is 8.59. The van der Waals surface area contributed by atoms with Crippen molar-refractivity contribution in [2.24, 2.45) is 7.05 Å². The maximum Gasteiger partial charge on any atom is 0.261 e. The van der Waals surface area contributed by atoms with Crippen LogP contribution in [-0.2, 0) is 17.1 Å². The number of aromatic nitrogens is 2. The molecule has 0 bridgehead atoms. The second-order valence-electron chi connectivity index (χ2n) is 8.44. The zero-order valence-corrected chi connectivity index (χ0v) is 20.2. The molecule has 3 aromatic rings. The van der Waals surface area contributed by atoms with Crippen molar-refractivity contribution in [2.45, 2.75) is 37.8 Å². The Balaban J connectivity index is 1.59. The number of aryl methyl sites for hydroxylation is 1. The molecule has 0 saturated carbocycles. The maximum atomic E-state index is 13.2. The fraction of sp³-hybridized carbons (Fsp3) is 0.391. The third kappa shape index (κ3) is 4.08. The van der Waals surface area contributed by atoms with Crippen LogP contribution in [0.5, 0.6) is 0 Å². The lowest BCUT2D eigenvalue weighted by Gasteiger charge is -2.41. The molecule has 1 fully saturated rings. The van der Waals surface area contributed by atoms with E-state index in [2.05, 4.69) is 4.90 Å². The molecule has 2 atom stereocenters. The Morgan fingerprint density at radius 2 is 1.81 bits per heavy atom. The number of sulfonamides is 1. The number of benzene rings is 2. The lowest BCUT2D eigenvalue weighted by atomic mass is 10.1. The van der Waals surface area contributed by atoms with Gasteiger partial charge in [-0.25, -0.2) is 13.4 Å². The van der Waals surface area contributed by atoms with Gasteiger partial charge in [0.2, 0.25) is 10.0 Å². The molecule has 2 aromatic carbocycles. The molecule has 0 amide bonds. The third-order valence-corrected chi connectivity index (χ3v) is 8.48. The van der Waals surface area contributed by atoms with E-state index in [1.165, 1.54) is 0 Å². The van der Waals surface area contributed by atoms with Gasteiger partial charge >= 0.3 is 0 Å². The van der Waals surface area contributed by atoms with Gasteiger partial charge in [0.15, 0.2) is 0 Å². The Labute approximate surface area is 193 Å². The van der Waals surface area contributed by atoms with Crippen LogP contribution in [0.4, 0.5) is 0 Å². The van der Waals surface area contributed by atoms with Gasteiger partial charge in [-0.2, -0.15) is 4.31 Å². The van der Waals surface area contributed by atoms with Gasteiger partial charge in [0.25, 0.3) is 5.56 Å². The van der Waals surface area contributed by atoms with Crippen molar-refractivity contribution in [3.63, 3.8) is 0 Å². The van der Waals surface area contributed by atoms with Crippen LogP contribution in [0, 0.1) is 6.92 Å². The Morgan fingerprint density at radius 3 is 2.47 bits per heavy atom. The number of hydrogen-bond acceptors (Lipinski definition) is 5. The van der Waals surface area contributed by atoms with E-state index in [0.29, 0.717) is 46.3 Å². The fourth-order valence-corrected chi connectivity index (χ4v) is 6.10. The standard InChI is InChI=1S/C23H27ClN4O3S/c1-15-5-8-19(9-6-15)32(30,31)28-12-11-27(14-16(28)2)17(3)22-25-21-13-18(24)7-10-20(21)23(29)26(22)4/h5-10,13,16-17H,11-12,14H2,1-4H3. The molecule has 0 N–H and O–H groups in total. The average Bonchev–Trinajstić information content (AvgIpc) is 2.75. The van der Waals surface area contributed by atoms with Crippen molar-refractivity contribution in [2.75, 3.05) is 19.6 Å². The van der Waals surface area contributed by atoms with E-state index in [1.807, 2.05) is 32.9 Å². The topological polar surface area (TPSA) is 75.5 Å². The average molecular weight is 475 g/mol. The van der Waals surface area contributed by atoms with Crippen molar-refractivity contribution in [3.05, 3.63) is 69.2 Å². The summed E-state index contributed by atoms with van der Waals surface area (Å²) < 4.78 is 29.5. The molecule has 0 aliphatic carbocycles. The molecule has 7 nitrogen and oxygen atoms in total. The van der Waals surface area contributed by atoms with Crippen LogP contribution in [0.15, 0.2) is 52.2 Å². The first-order chi connectivity index (χ1) is 15.1. The lowest BCUT2D eigenvalue weighted by Crippen LogP contribution is -2.54. The Hall–Kier alpha value is -2.26. The smallest absolute Gasteiger partial charge is 0.261 e. The summed E-state index contributed by atoms with van der Waals surface area (Å²) in [5, 5.41) is 1.05. The van der Waals surface area contributed by atoms with Crippen LogP contribution in [0.25, 0.3) is 10.9 Å². The van der Waals surface area contributed by atoms with E-state index in [-0.39, 0.29) is 17.6 Å². The second-order valence-corrected chi connectivity index (χ2v) is 10.8. The molecule has 1 aliphatic rings. The first-order valence-corrected chi connectivity index (χ1v) is 12.4. The Bertz CT molecular complexity index is 1320. The zero-order chi connectivity index (χ0) is 23.2. The summed E-state index contributed by atoms with van der Waals surface area (Å²) in [6, 6.07) is 11.6. The van der Waals surface area contributed by atoms with Gasteiger partial charge in [0.1, 0.15) is 5.82 Å². The molecular weight excluding hydrogens is 448 g/mol. The zero-order valence-electron chi connectivity index (χ0n) is 18.6. The van der Waals surface area contributed by atoms with Crippen LogP contribution in [0.1, 0.15) is 31.3 Å². The summed E-state index contributed by atoms with van der Waals surface area (Å²) in [6.07, 6.45) is 0. The monoisotopic (exact) mass is 474 g/mol. The molecule has 0 spiro atoms. The number of nitrogens with zero attached hydrogens (tertiary/aromatic N) is 4. The van der Waals surface area contributed by atoms with E-state index < -0.39 is 10.0 Å². The summed E-state index contributed by atoms with van der Waals surface area (Å²) in [7, 11) is -1.85. The summed E-state index contributed by atoms with van der Waals surface area (Å²) in [4.78, 5) is 20.1. The predicted molar refractivity (Wildman–Crippen MR) is 127 cm³/mol. The number of piperazine rings is 1. The molecule has 1 aromatic heterocycles. The molecule has 1 aliphatic heterocycles. The highest BCUT2D eigenvalue weighted by molar-refractivity contribution is 7.89. The quantitative estimate of drug-likeness (QED) is 0.579. The van der Waals surface area contributed by atoms with Crippen LogP contribution in [-0.4, -0.2) is 52.9 Å². The van der Waals surface area contributed by atoms with E-state index in [1.54, 1.807) is 46.3 Å². The molecule has 1 saturated heterocycles. The van der Waals surface area contributed by atoms with Crippen LogP contribution in [0.3, 0.4) is 0 Å². The maximum absolute atomic E-state index is 13.2. The lowest BCUT2D eigenvalue weighted by molar-refractivity contribution is 0.104. The van der Waals surface area contributed by atoms with Crippen LogP contribution < -0.4 is 5.56 Å². The van der Waals surface area contributed by atoms with Gasteiger partial charge < -0.3 is 0 Å². The van der Waals surface area contributed by atoms with Crippen molar-refractivity contribution < 1.29 is 8.42 Å². The number of rotatable bonds is 4. The first-order valence-electron chi connectivity index (χ1n) is 10.6. The molecule has 32 heavy (non-hydrogen) atoms. The molecular formula is C23H27ClN4O3S. The predicted octanol–water partition coefficient (Wildman–Crippen LogP) is 3.35. The Kier molecular flexibility index (Phi) is 6.15. The molecule has 2 heterocycles. The van der Waals surface area contributed by atoms with Gasteiger partial charge in [0.05, 0.1) is 21.8 Å². The van der Waals surface area contributed by atoms with Crippen molar-refractivity contribution in [1.82, 2.24) is 18.8 Å². The molecule has 2 unspecified atom stereocenters. The molecule has 0 radical (unpaired) electrons. The first kappa shape index (κ1) is 22.9. The van der Waals surface area contributed by atoms with Crippen molar-refractivity contribution in [1.29, 1.82) is 0 Å². The van der Waals surface area contributed by atoms with Crippen molar-refractivity contribution in [3.8, 4) is 0 Å². The van der Waals surface area contributed by atoms with E-state index >= 15 is 0 Å². The number of fused-ring (bicyclic) bond motifs is 1. The molecule has 9 heteroatoms. The Morgan fingerprint density at radius 1 is 1.12 bits per heavy atom. The van der Waals surface area contributed by atoms with Gasteiger partial charge in [-0.1, -0.05) is 29.3 Å². The van der Waals surface area contributed by atoms with Gasteiger partial charge in [-0.3, -0.25) is 14.3 Å².